The van der Waals surface area contributed by atoms with Crippen LogP contribution in [0.2, 0.25) is 0 Å². The minimum Gasteiger partial charge on any atom is -0.350 e. The largest absolute Gasteiger partial charge is 0.350 e. The number of amides is 1. The summed E-state index contributed by atoms with van der Waals surface area (Å²) in [4.78, 5) is 19.1. The van der Waals surface area contributed by atoms with E-state index in [1.54, 1.807) is 6.20 Å². The number of fused-ring (bicyclic) bond motifs is 1. The second-order valence-corrected chi connectivity index (χ2v) is 5.52. The van der Waals surface area contributed by atoms with Crippen molar-refractivity contribution in [1.29, 1.82) is 0 Å². The fourth-order valence-electron chi connectivity index (χ4n) is 1.67. The number of rotatable bonds is 2. The first kappa shape index (κ1) is 11.4. The van der Waals surface area contributed by atoms with Crippen LogP contribution in [0.25, 0.3) is 10.9 Å². The molecule has 2 heterocycles. The van der Waals surface area contributed by atoms with Gasteiger partial charge in [-0.1, -0.05) is 22.0 Å². The number of carbonyl (C=O) groups is 1. The summed E-state index contributed by atoms with van der Waals surface area (Å²) in [6.45, 7) is 0. The minimum absolute atomic E-state index is 0.183. The molecule has 0 aliphatic rings. The third kappa shape index (κ3) is 2.16. The molecule has 18 heavy (non-hydrogen) atoms. The van der Waals surface area contributed by atoms with Gasteiger partial charge in [0.1, 0.15) is 5.69 Å². The molecule has 0 fully saturated rings. The molecule has 1 amide bonds. The molecule has 0 spiro atoms. The van der Waals surface area contributed by atoms with Crippen LogP contribution in [0, 0.1) is 0 Å². The molecular weight excluding hydrogens is 314 g/mol. The lowest BCUT2D eigenvalue weighted by Crippen LogP contribution is -2.11. The summed E-state index contributed by atoms with van der Waals surface area (Å²) in [5, 5.41) is 6.16. The predicted octanol–water partition coefficient (Wildman–Crippen LogP) is 3.64. The number of hydrogen-bond acceptors (Lipinski definition) is 3. The number of anilines is 1. The number of thiazole rings is 1. The van der Waals surface area contributed by atoms with Crippen LogP contribution >= 0.6 is 27.3 Å². The maximum atomic E-state index is 12.0. The van der Waals surface area contributed by atoms with Gasteiger partial charge in [0.05, 0.1) is 0 Å². The van der Waals surface area contributed by atoms with E-state index >= 15 is 0 Å². The summed E-state index contributed by atoms with van der Waals surface area (Å²) < 4.78 is 0.976. The maximum Gasteiger partial charge on any atom is 0.273 e. The average Bonchev–Trinajstić information content (AvgIpc) is 2.96. The van der Waals surface area contributed by atoms with Crippen LogP contribution in [-0.2, 0) is 0 Å². The summed E-state index contributed by atoms with van der Waals surface area (Å²) in [6.07, 6.45) is 1.66. The smallest absolute Gasteiger partial charge is 0.273 e. The SMILES string of the molecule is O=C(Nc1nccs1)c1cc2ccc(Br)cc2[nH]1. The second-order valence-electron chi connectivity index (χ2n) is 3.71. The number of hydrogen-bond donors (Lipinski definition) is 2. The third-order valence-corrected chi connectivity index (χ3v) is 3.66. The Hall–Kier alpha value is -1.66. The Labute approximate surface area is 115 Å². The van der Waals surface area contributed by atoms with Crippen molar-refractivity contribution in [3.05, 3.63) is 46.0 Å². The van der Waals surface area contributed by atoms with E-state index in [2.05, 4.69) is 31.2 Å². The van der Waals surface area contributed by atoms with Gasteiger partial charge >= 0.3 is 0 Å². The number of nitrogens with zero attached hydrogens (tertiary/aromatic N) is 1. The van der Waals surface area contributed by atoms with Gasteiger partial charge in [-0.05, 0) is 18.2 Å². The van der Waals surface area contributed by atoms with E-state index < -0.39 is 0 Å². The molecule has 0 aliphatic heterocycles. The first-order chi connectivity index (χ1) is 8.72. The van der Waals surface area contributed by atoms with Crippen LogP contribution in [0.15, 0.2) is 40.3 Å². The van der Waals surface area contributed by atoms with Gasteiger partial charge in [-0.2, -0.15) is 0 Å². The molecule has 3 rings (SSSR count). The molecule has 2 aromatic heterocycles. The Bertz CT molecular complexity index is 705. The van der Waals surface area contributed by atoms with Gasteiger partial charge in [-0.15, -0.1) is 11.3 Å². The molecule has 0 bridgehead atoms. The van der Waals surface area contributed by atoms with E-state index in [1.165, 1.54) is 11.3 Å². The van der Waals surface area contributed by atoms with Gasteiger partial charge in [0.15, 0.2) is 5.13 Å². The Morgan fingerprint density at radius 2 is 2.28 bits per heavy atom. The Morgan fingerprint density at radius 1 is 1.39 bits per heavy atom. The lowest BCUT2D eigenvalue weighted by molar-refractivity contribution is 0.102. The van der Waals surface area contributed by atoms with E-state index in [4.69, 9.17) is 0 Å². The van der Waals surface area contributed by atoms with E-state index in [1.807, 2.05) is 29.6 Å². The van der Waals surface area contributed by atoms with E-state index in [0.29, 0.717) is 10.8 Å². The third-order valence-electron chi connectivity index (χ3n) is 2.48. The van der Waals surface area contributed by atoms with Crippen molar-refractivity contribution in [2.24, 2.45) is 0 Å². The van der Waals surface area contributed by atoms with Gasteiger partial charge in [-0.3, -0.25) is 10.1 Å². The van der Waals surface area contributed by atoms with Crippen molar-refractivity contribution in [3.8, 4) is 0 Å². The fourth-order valence-corrected chi connectivity index (χ4v) is 2.56. The van der Waals surface area contributed by atoms with Crippen molar-refractivity contribution in [1.82, 2.24) is 9.97 Å². The maximum absolute atomic E-state index is 12.0. The van der Waals surface area contributed by atoms with Crippen molar-refractivity contribution in [2.75, 3.05) is 5.32 Å². The number of benzene rings is 1. The summed E-state index contributed by atoms with van der Waals surface area (Å²) in [6, 6.07) is 7.66. The molecule has 0 radical (unpaired) electrons. The molecule has 3 aromatic rings. The first-order valence-electron chi connectivity index (χ1n) is 5.21. The molecule has 1 aromatic carbocycles. The molecule has 0 saturated heterocycles. The zero-order chi connectivity index (χ0) is 12.5. The fraction of sp³-hybridized carbons (Fsp3) is 0. The van der Waals surface area contributed by atoms with Crippen molar-refractivity contribution in [2.45, 2.75) is 0 Å². The molecule has 4 nitrogen and oxygen atoms in total. The number of halogens is 1. The van der Waals surface area contributed by atoms with Gasteiger partial charge in [-0.25, -0.2) is 4.98 Å². The number of nitrogens with one attached hydrogen (secondary N) is 2. The molecule has 90 valence electrons. The summed E-state index contributed by atoms with van der Waals surface area (Å²) >= 11 is 4.79. The lowest BCUT2D eigenvalue weighted by Gasteiger charge is -1.97. The highest BCUT2D eigenvalue weighted by molar-refractivity contribution is 9.10. The van der Waals surface area contributed by atoms with Crippen LogP contribution in [-0.4, -0.2) is 15.9 Å². The Balaban J connectivity index is 1.92. The normalized spacial score (nSPS) is 10.7. The van der Waals surface area contributed by atoms with Gasteiger partial charge in [0.2, 0.25) is 0 Å². The van der Waals surface area contributed by atoms with Gasteiger partial charge < -0.3 is 4.98 Å². The van der Waals surface area contributed by atoms with Crippen LogP contribution in [0.3, 0.4) is 0 Å². The van der Waals surface area contributed by atoms with E-state index in [9.17, 15) is 4.79 Å². The standard InChI is InChI=1S/C12H8BrN3OS/c13-8-2-1-7-5-10(15-9(7)6-8)11(17)16-12-14-3-4-18-12/h1-6,15H,(H,14,16,17). The number of carbonyl (C=O) groups excluding carboxylic acids is 1. The van der Waals surface area contributed by atoms with Crippen molar-refractivity contribution in [3.63, 3.8) is 0 Å². The molecule has 0 aliphatic carbocycles. The minimum atomic E-state index is -0.183. The Kier molecular flexibility index (Phi) is 2.89. The van der Waals surface area contributed by atoms with Crippen molar-refractivity contribution >= 4 is 49.2 Å². The topological polar surface area (TPSA) is 57.8 Å². The highest BCUT2D eigenvalue weighted by Gasteiger charge is 2.10. The van der Waals surface area contributed by atoms with E-state index in [-0.39, 0.29) is 5.91 Å². The molecule has 0 atom stereocenters. The molecular formula is C12H8BrN3OS. The van der Waals surface area contributed by atoms with Gasteiger partial charge in [0.25, 0.3) is 5.91 Å². The van der Waals surface area contributed by atoms with Crippen LogP contribution < -0.4 is 5.32 Å². The molecule has 0 unspecified atom stereocenters. The molecule has 6 heteroatoms. The lowest BCUT2D eigenvalue weighted by atomic mass is 10.2. The summed E-state index contributed by atoms with van der Waals surface area (Å²) in [5.41, 5.74) is 1.45. The number of aromatic nitrogens is 2. The van der Waals surface area contributed by atoms with Crippen LogP contribution in [0.5, 0.6) is 0 Å². The average molecular weight is 322 g/mol. The van der Waals surface area contributed by atoms with E-state index in [0.717, 1.165) is 15.4 Å². The van der Waals surface area contributed by atoms with Crippen LogP contribution in [0.4, 0.5) is 5.13 Å². The quantitative estimate of drug-likeness (QED) is 0.757. The number of aromatic amines is 1. The molecule has 2 N–H and O–H groups in total. The first-order valence-corrected chi connectivity index (χ1v) is 6.89. The Morgan fingerprint density at radius 3 is 3.06 bits per heavy atom. The number of H-pyrrole nitrogens is 1. The summed E-state index contributed by atoms with van der Waals surface area (Å²) in [7, 11) is 0. The summed E-state index contributed by atoms with van der Waals surface area (Å²) in [5.74, 6) is -0.183. The zero-order valence-corrected chi connectivity index (χ0v) is 11.5. The van der Waals surface area contributed by atoms with Gasteiger partial charge in [0, 0.05) is 27.0 Å². The molecule has 0 saturated carbocycles. The predicted molar refractivity (Wildman–Crippen MR) is 76.1 cm³/mol. The van der Waals surface area contributed by atoms with Crippen molar-refractivity contribution < 1.29 is 4.79 Å². The highest BCUT2D eigenvalue weighted by atomic mass is 79.9. The van der Waals surface area contributed by atoms with Crippen LogP contribution in [0.1, 0.15) is 10.5 Å². The second kappa shape index (κ2) is 4.55. The highest BCUT2D eigenvalue weighted by Crippen LogP contribution is 2.21. The zero-order valence-electron chi connectivity index (χ0n) is 9.11. The monoisotopic (exact) mass is 321 g/mol.